The van der Waals surface area contributed by atoms with Gasteiger partial charge in [-0.2, -0.15) is 0 Å². The van der Waals surface area contributed by atoms with Crippen LogP contribution in [0, 0.1) is 13.8 Å². The summed E-state index contributed by atoms with van der Waals surface area (Å²) in [5.74, 6) is -0.860. The van der Waals surface area contributed by atoms with Crippen molar-refractivity contribution in [2.45, 2.75) is 13.8 Å². The Kier molecular flexibility index (Phi) is 3.53. The summed E-state index contributed by atoms with van der Waals surface area (Å²) < 4.78 is 1.64. The van der Waals surface area contributed by atoms with Crippen LogP contribution >= 0.6 is 0 Å². The molecule has 3 aromatic rings. The Morgan fingerprint density at radius 3 is 2.65 bits per heavy atom. The SMILES string of the molecule is Cc1cc(O)ccc1N=Nc1c(C(=O)O)nc2cccc(C)n12. The summed E-state index contributed by atoms with van der Waals surface area (Å²) in [6.07, 6.45) is 0. The van der Waals surface area contributed by atoms with Gasteiger partial charge in [0.15, 0.2) is 11.5 Å². The molecule has 2 heterocycles. The fraction of sp³-hybridized carbons (Fsp3) is 0.125. The first-order chi connectivity index (χ1) is 11.0. The summed E-state index contributed by atoms with van der Waals surface area (Å²) in [6.45, 7) is 3.62. The molecule has 0 radical (unpaired) electrons. The maximum absolute atomic E-state index is 11.4. The molecule has 0 spiro atoms. The molecule has 0 aliphatic rings. The Bertz CT molecular complexity index is 944. The molecule has 2 N–H and O–H groups in total. The van der Waals surface area contributed by atoms with Crippen molar-refractivity contribution >= 4 is 23.1 Å². The van der Waals surface area contributed by atoms with Crippen molar-refractivity contribution in [3.63, 3.8) is 0 Å². The van der Waals surface area contributed by atoms with Crippen LogP contribution in [0.5, 0.6) is 5.75 Å². The van der Waals surface area contributed by atoms with E-state index in [-0.39, 0.29) is 17.3 Å². The lowest BCUT2D eigenvalue weighted by Gasteiger charge is -2.02. The van der Waals surface area contributed by atoms with Crippen LogP contribution in [0.25, 0.3) is 5.65 Å². The molecular weight excluding hydrogens is 296 g/mol. The highest BCUT2D eigenvalue weighted by molar-refractivity contribution is 5.91. The average Bonchev–Trinajstić information content (AvgIpc) is 2.87. The number of carboxylic acids is 1. The molecule has 0 amide bonds. The van der Waals surface area contributed by atoms with Crippen LogP contribution in [0.1, 0.15) is 21.7 Å². The van der Waals surface area contributed by atoms with E-state index in [1.807, 2.05) is 13.0 Å². The standard InChI is InChI=1S/C16H14N4O3/c1-9-8-11(21)6-7-12(9)18-19-15-14(16(22)23)17-13-5-3-4-10(2)20(13)15/h3-8,21H,1-2H3,(H,22,23). The number of aromatic carboxylic acids is 1. The second-order valence-electron chi connectivity index (χ2n) is 5.12. The zero-order valence-corrected chi connectivity index (χ0v) is 12.6. The van der Waals surface area contributed by atoms with Crippen LogP contribution in [0.3, 0.4) is 0 Å². The van der Waals surface area contributed by atoms with Crippen molar-refractivity contribution in [1.82, 2.24) is 9.38 Å². The number of nitrogens with zero attached hydrogens (tertiary/aromatic N) is 4. The molecular formula is C16H14N4O3. The molecule has 0 bridgehead atoms. The van der Waals surface area contributed by atoms with E-state index in [2.05, 4.69) is 15.2 Å². The first kappa shape index (κ1) is 14.7. The van der Waals surface area contributed by atoms with E-state index < -0.39 is 5.97 Å². The Hall–Kier alpha value is -3.22. The summed E-state index contributed by atoms with van der Waals surface area (Å²) in [4.78, 5) is 15.5. The number of hydrogen-bond donors (Lipinski definition) is 2. The number of phenols is 1. The number of azo groups is 1. The van der Waals surface area contributed by atoms with Crippen molar-refractivity contribution < 1.29 is 15.0 Å². The van der Waals surface area contributed by atoms with Gasteiger partial charge in [-0.15, -0.1) is 10.2 Å². The van der Waals surface area contributed by atoms with Crippen molar-refractivity contribution in [3.8, 4) is 5.75 Å². The fourth-order valence-electron chi connectivity index (χ4n) is 2.33. The van der Waals surface area contributed by atoms with Crippen molar-refractivity contribution in [3.05, 3.63) is 53.3 Å². The summed E-state index contributed by atoms with van der Waals surface area (Å²) in [6, 6.07) is 10.0. The van der Waals surface area contributed by atoms with Gasteiger partial charge in [-0.25, -0.2) is 9.78 Å². The number of aromatic nitrogens is 2. The molecule has 1 aromatic carbocycles. The number of carboxylic acid groups (broad SMARTS) is 1. The highest BCUT2D eigenvalue weighted by atomic mass is 16.4. The van der Waals surface area contributed by atoms with Crippen molar-refractivity contribution in [2.75, 3.05) is 0 Å². The lowest BCUT2D eigenvalue weighted by molar-refractivity contribution is 0.0692. The minimum Gasteiger partial charge on any atom is -0.508 e. The lowest BCUT2D eigenvalue weighted by Crippen LogP contribution is -1.97. The number of benzene rings is 1. The molecule has 7 heteroatoms. The Labute approximate surface area is 131 Å². The number of rotatable bonds is 3. The predicted octanol–water partition coefficient (Wildman–Crippen LogP) is 3.77. The quantitative estimate of drug-likeness (QED) is 0.719. The van der Waals surface area contributed by atoms with Crippen molar-refractivity contribution in [2.24, 2.45) is 10.2 Å². The third kappa shape index (κ3) is 2.64. The lowest BCUT2D eigenvalue weighted by atomic mass is 10.2. The number of pyridine rings is 1. The average molecular weight is 310 g/mol. The molecule has 0 atom stereocenters. The Morgan fingerprint density at radius 2 is 1.96 bits per heavy atom. The highest BCUT2D eigenvalue weighted by Crippen LogP contribution is 2.28. The minimum absolute atomic E-state index is 0.137. The van der Waals surface area contributed by atoms with E-state index >= 15 is 0 Å². The van der Waals surface area contributed by atoms with Gasteiger partial charge >= 0.3 is 5.97 Å². The number of phenolic OH excluding ortho intramolecular Hbond substituents is 1. The van der Waals surface area contributed by atoms with Crippen LogP contribution in [-0.4, -0.2) is 25.6 Å². The summed E-state index contributed by atoms with van der Waals surface area (Å²) >= 11 is 0. The van der Waals surface area contributed by atoms with Gasteiger partial charge < -0.3 is 10.2 Å². The van der Waals surface area contributed by atoms with Gasteiger partial charge in [-0.1, -0.05) is 6.07 Å². The second-order valence-corrected chi connectivity index (χ2v) is 5.12. The molecule has 0 saturated heterocycles. The monoisotopic (exact) mass is 310 g/mol. The van der Waals surface area contributed by atoms with Crippen LogP contribution in [0.4, 0.5) is 11.5 Å². The number of aryl methyl sites for hydroxylation is 2. The van der Waals surface area contributed by atoms with Gasteiger partial charge in [0.05, 0.1) is 5.69 Å². The molecule has 3 rings (SSSR count). The molecule has 7 nitrogen and oxygen atoms in total. The first-order valence-electron chi connectivity index (χ1n) is 6.90. The maximum Gasteiger partial charge on any atom is 0.358 e. The van der Waals surface area contributed by atoms with E-state index in [1.54, 1.807) is 35.6 Å². The maximum atomic E-state index is 11.4. The predicted molar refractivity (Wildman–Crippen MR) is 83.9 cm³/mol. The second kappa shape index (κ2) is 5.53. The van der Waals surface area contributed by atoms with Gasteiger partial charge in [0.2, 0.25) is 0 Å². The van der Waals surface area contributed by atoms with Gasteiger partial charge in [-0.3, -0.25) is 4.40 Å². The Morgan fingerprint density at radius 1 is 1.17 bits per heavy atom. The smallest absolute Gasteiger partial charge is 0.358 e. The summed E-state index contributed by atoms with van der Waals surface area (Å²) in [7, 11) is 0. The Balaban J connectivity index is 2.16. The topological polar surface area (TPSA) is 99.5 Å². The van der Waals surface area contributed by atoms with E-state index in [4.69, 9.17) is 0 Å². The third-order valence-corrected chi connectivity index (χ3v) is 3.45. The van der Waals surface area contributed by atoms with Gasteiger partial charge in [-0.05, 0) is 49.7 Å². The molecule has 0 aliphatic heterocycles. The van der Waals surface area contributed by atoms with Crippen molar-refractivity contribution in [1.29, 1.82) is 0 Å². The highest BCUT2D eigenvalue weighted by Gasteiger charge is 2.19. The molecule has 116 valence electrons. The third-order valence-electron chi connectivity index (χ3n) is 3.45. The molecule has 23 heavy (non-hydrogen) atoms. The first-order valence-corrected chi connectivity index (χ1v) is 6.90. The minimum atomic E-state index is -1.16. The fourth-order valence-corrected chi connectivity index (χ4v) is 2.33. The number of aromatic hydroxyl groups is 1. The number of imidazole rings is 1. The van der Waals surface area contributed by atoms with Gasteiger partial charge in [0.25, 0.3) is 0 Å². The summed E-state index contributed by atoms with van der Waals surface area (Å²) in [5, 5.41) is 27.0. The van der Waals surface area contributed by atoms with E-state index in [9.17, 15) is 15.0 Å². The van der Waals surface area contributed by atoms with Crippen LogP contribution in [0.2, 0.25) is 0 Å². The molecule has 2 aromatic heterocycles. The largest absolute Gasteiger partial charge is 0.508 e. The van der Waals surface area contributed by atoms with Gasteiger partial charge in [0.1, 0.15) is 11.4 Å². The normalized spacial score (nSPS) is 11.4. The van der Waals surface area contributed by atoms with Gasteiger partial charge in [0, 0.05) is 5.69 Å². The van der Waals surface area contributed by atoms with Crippen LogP contribution < -0.4 is 0 Å². The number of fused-ring (bicyclic) bond motifs is 1. The zero-order valence-electron chi connectivity index (χ0n) is 12.6. The molecule has 0 fully saturated rings. The van der Waals surface area contributed by atoms with E-state index in [0.29, 0.717) is 11.3 Å². The number of carbonyl (C=O) groups is 1. The zero-order chi connectivity index (χ0) is 16.6. The van der Waals surface area contributed by atoms with E-state index in [0.717, 1.165) is 11.3 Å². The molecule has 0 unspecified atom stereocenters. The van der Waals surface area contributed by atoms with E-state index in [1.165, 1.54) is 6.07 Å². The number of hydrogen-bond acceptors (Lipinski definition) is 5. The molecule has 0 aliphatic carbocycles. The summed E-state index contributed by atoms with van der Waals surface area (Å²) in [5.41, 5.74) is 2.43. The van der Waals surface area contributed by atoms with Crippen LogP contribution in [-0.2, 0) is 0 Å². The molecule has 0 saturated carbocycles. The van der Waals surface area contributed by atoms with Crippen LogP contribution in [0.15, 0.2) is 46.6 Å².